The first kappa shape index (κ1) is 18.3. The monoisotopic (exact) mass is 387 g/mol. The highest BCUT2D eigenvalue weighted by Crippen LogP contribution is 2.33. The number of aliphatic imine (C=N–C) groups is 1. The Morgan fingerprint density at radius 3 is 2.88 bits per heavy atom. The number of hydrogen-bond acceptors (Lipinski definition) is 4. The van der Waals surface area contributed by atoms with Crippen LogP contribution in [0.3, 0.4) is 0 Å². The van der Waals surface area contributed by atoms with E-state index in [1.807, 2.05) is 23.5 Å². The van der Waals surface area contributed by atoms with Gasteiger partial charge in [-0.1, -0.05) is 26.2 Å². The van der Waals surface area contributed by atoms with Crippen molar-refractivity contribution in [2.24, 2.45) is 4.99 Å². The summed E-state index contributed by atoms with van der Waals surface area (Å²) >= 11 is 3.79. The lowest BCUT2D eigenvalue weighted by Gasteiger charge is -2.15. The highest BCUT2D eigenvalue weighted by molar-refractivity contribution is 8.14. The third-order valence-electron chi connectivity index (χ3n) is 5.38. The summed E-state index contributed by atoms with van der Waals surface area (Å²) in [6.45, 7) is 2.25. The highest BCUT2D eigenvalue weighted by atomic mass is 32.2. The molecule has 1 saturated carbocycles. The largest absolute Gasteiger partial charge is 0.381 e. The molecule has 0 spiro atoms. The quantitative estimate of drug-likeness (QED) is 0.608. The van der Waals surface area contributed by atoms with E-state index >= 15 is 0 Å². The number of fused-ring (bicyclic) bond motifs is 1. The number of H-pyrrole nitrogens is 1. The van der Waals surface area contributed by atoms with Crippen LogP contribution in [0.2, 0.25) is 0 Å². The average molecular weight is 388 g/mol. The maximum absolute atomic E-state index is 4.96. The molecule has 5 heteroatoms. The van der Waals surface area contributed by atoms with E-state index in [4.69, 9.17) is 4.99 Å². The van der Waals surface area contributed by atoms with Crippen molar-refractivity contribution < 1.29 is 0 Å². The van der Waals surface area contributed by atoms with E-state index in [1.54, 1.807) is 0 Å². The molecule has 2 aliphatic rings. The standard InChI is InChI=1S/C21H29N3S2/c1-3-6-17-13-26-21(23-17)19-11-15-9-14(12-25-2)10-18(20(15)24-19)22-16-7-4-5-8-16/h9-11,16-17,22,24H,3-8,12-13H2,1-2H3. The van der Waals surface area contributed by atoms with Gasteiger partial charge in [-0.25, -0.2) is 0 Å². The predicted octanol–water partition coefficient (Wildman–Crippen LogP) is 6.05. The molecule has 1 aliphatic heterocycles. The lowest BCUT2D eigenvalue weighted by atomic mass is 10.1. The Hall–Kier alpha value is -1.07. The van der Waals surface area contributed by atoms with Gasteiger partial charge in [0.05, 0.1) is 22.9 Å². The molecule has 3 nitrogen and oxygen atoms in total. The van der Waals surface area contributed by atoms with Crippen molar-refractivity contribution in [3.05, 3.63) is 29.5 Å². The maximum atomic E-state index is 4.96. The fraction of sp³-hybridized carbons (Fsp3) is 0.571. The summed E-state index contributed by atoms with van der Waals surface area (Å²) < 4.78 is 0. The zero-order valence-electron chi connectivity index (χ0n) is 15.8. The van der Waals surface area contributed by atoms with Crippen molar-refractivity contribution in [2.45, 2.75) is 63.3 Å². The summed E-state index contributed by atoms with van der Waals surface area (Å²) in [6, 6.07) is 8.12. The second-order valence-corrected chi connectivity index (χ2v) is 9.41. The van der Waals surface area contributed by atoms with E-state index in [1.165, 1.54) is 71.4 Å². The second kappa shape index (κ2) is 8.30. The topological polar surface area (TPSA) is 40.2 Å². The smallest absolute Gasteiger partial charge is 0.114 e. The lowest BCUT2D eigenvalue weighted by Crippen LogP contribution is -2.14. The zero-order valence-corrected chi connectivity index (χ0v) is 17.4. The molecule has 4 rings (SSSR count). The average Bonchev–Trinajstić information content (AvgIpc) is 3.35. The predicted molar refractivity (Wildman–Crippen MR) is 119 cm³/mol. The summed E-state index contributed by atoms with van der Waals surface area (Å²) in [5, 5.41) is 6.34. The van der Waals surface area contributed by atoms with Gasteiger partial charge in [-0.15, -0.1) is 11.8 Å². The number of nitrogens with one attached hydrogen (secondary N) is 2. The van der Waals surface area contributed by atoms with Gasteiger partial charge in [0.1, 0.15) is 5.04 Å². The Morgan fingerprint density at radius 2 is 2.12 bits per heavy atom. The van der Waals surface area contributed by atoms with Gasteiger partial charge in [0.15, 0.2) is 0 Å². The van der Waals surface area contributed by atoms with Gasteiger partial charge >= 0.3 is 0 Å². The molecule has 0 radical (unpaired) electrons. The van der Waals surface area contributed by atoms with Crippen LogP contribution >= 0.6 is 23.5 Å². The fourth-order valence-corrected chi connectivity index (χ4v) is 5.70. The molecule has 0 amide bonds. The van der Waals surface area contributed by atoms with Crippen LogP contribution < -0.4 is 5.32 Å². The van der Waals surface area contributed by atoms with Crippen LogP contribution in [0.4, 0.5) is 5.69 Å². The van der Waals surface area contributed by atoms with Gasteiger partial charge in [0.25, 0.3) is 0 Å². The molecule has 0 saturated heterocycles. The van der Waals surface area contributed by atoms with Gasteiger partial charge in [-0.3, -0.25) is 4.99 Å². The van der Waals surface area contributed by atoms with E-state index in [0.717, 1.165) is 11.5 Å². The minimum absolute atomic E-state index is 0.495. The van der Waals surface area contributed by atoms with E-state index in [2.05, 4.69) is 41.7 Å². The van der Waals surface area contributed by atoms with Crippen LogP contribution in [-0.2, 0) is 5.75 Å². The third kappa shape index (κ3) is 3.94. The van der Waals surface area contributed by atoms with Crippen LogP contribution in [0, 0.1) is 0 Å². The second-order valence-electron chi connectivity index (χ2n) is 7.54. The van der Waals surface area contributed by atoms with Crippen molar-refractivity contribution in [2.75, 3.05) is 17.3 Å². The van der Waals surface area contributed by atoms with Crippen LogP contribution in [0.25, 0.3) is 10.9 Å². The Morgan fingerprint density at radius 1 is 1.27 bits per heavy atom. The lowest BCUT2D eigenvalue weighted by molar-refractivity contribution is 0.670. The van der Waals surface area contributed by atoms with Crippen molar-refractivity contribution >= 4 is 45.2 Å². The Kier molecular flexibility index (Phi) is 5.84. The summed E-state index contributed by atoms with van der Waals surface area (Å²) in [7, 11) is 0. The fourth-order valence-electron chi connectivity index (χ4n) is 4.12. The molecule has 1 fully saturated rings. The van der Waals surface area contributed by atoms with E-state index in [-0.39, 0.29) is 0 Å². The number of thioether (sulfide) groups is 2. The summed E-state index contributed by atoms with van der Waals surface area (Å²) in [6.07, 6.45) is 9.88. The number of benzene rings is 1. The number of aromatic amines is 1. The first-order valence-corrected chi connectivity index (χ1v) is 12.3. The zero-order chi connectivity index (χ0) is 17.9. The number of rotatable bonds is 7. The number of nitrogens with zero attached hydrogens (tertiary/aromatic N) is 1. The van der Waals surface area contributed by atoms with E-state index in [9.17, 15) is 0 Å². The van der Waals surface area contributed by atoms with E-state index < -0.39 is 0 Å². The van der Waals surface area contributed by atoms with Crippen molar-refractivity contribution in [3.8, 4) is 0 Å². The first-order chi connectivity index (χ1) is 12.8. The molecule has 1 atom stereocenters. The number of hydrogen-bond donors (Lipinski definition) is 2. The van der Waals surface area contributed by atoms with Crippen LogP contribution in [0.15, 0.2) is 23.2 Å². The molecule has 26 heavy (non-hydrogen) atoms. The summed E-state index contributed by atoms with van der Waals surface area (Å²) in [5.74, 6) is 2.19. The third-order valence-corrected chi connectivity index (χ3v) is 7.15. The summed E-state index contributed by atoms with van der Waals surface area (Å²) in [5.41, 5.74) is 5.12. The molecule has 1 aliphatic carbocycles. The molecule has 2 aromatic rings. The molecular weight excluding hydrogens is 358 g/mol. The number of anilines is 1. The Bertz CT molecular complexity index is 790. The minimum Gasteiger partial charge on any atom is -0.381 e. The maximum Gasteiger partial charge on any atom is 0.114 e. The first-order valence-electron chi connectivity index (χ1n) is 9.89. The normalized spacial score (nSPS) is 20.8. The number of aromatic nitrogens is 1. The Balaban J connectivity index is 1.67. The van der Waals surface area contributed by atoms with Crippen molar-refractivity contribution in [3.63, 3.8) is 0 Å². The molecule has 1 aromatic heterocycles. The van der Waals surface area contributed by atoms with Gasteiger partial charge in [0.2, 0.25) is 0 Å². The molecule has 1 unspecified atom stereocenters. The Labute approximate surface area is 165 Å². The van der Waals surface area contributed by atoms with E-state index in [0.29, 0.717) is 12.1 Å². The van der Waals surface area contributed by atoms with Crippen LogP contribution in [-0.4, -0.2) is 34.1 Å². The van der Waals surface area contributed by atoms with Crippen LogP contribution in [0.1, 0.15) is 56.7 Å². The van der Waals surface area contributed by atoms with Crippen LogP contribution in [0.5, 0.6) is 0 Å². The molecule has 2 heterocycles. The molecule has 0 bridgehead atoms. The van der Waals surface area contributed by atoms with Gasteiger partial charge in [0, 0.05) is 22.9 Å². The molecule has 140 valence electrons. The SMILES string of the molecule is CCCC1CSC(c2cc3cc(CSC)cc(NC4CCCC4)c3[nH]2)=N1. The van der Waals surface area contributed by atoms with Gasteiger partial charge in [-0.2, -0.15) is 11.8 Å². The molecule has 2 N–H and O–H groups in total. The minimum atomic E-state index is 0.495. The van der Waals surface area contributed by atoms with Gasteiger partial charge in [-0.05, 0) is 49.3 Å². The van der Waals surface area contributed by atoms with Gasteiger partial charge < -0.3 is 10.3 Å². The summed E-state index contributed by atoms with van der Waals surface area (Å²) in [4.78, 5) is 8.65. The molecular formula is C21H29N3S2. The van der Waals surface area contributed by atoms with Crippen molar-refractivity contribution in [1.82, 2.24) is 4.98 Å². The van der Waals surface area contributed by atoms with Crippen molar-refractivity contribution in [1.29, 1.82) is 0 Å². The highest BCUT2D eigenvalue weighted by Gasteiger charge is 2.21. The molecule has 1 aromatic carbocycles.